The molecule has 242 valence electrons. The topological polar surface area (TPSA) is 86.6 Å². The van der Waals surface area contributed by atoms with Gasteiger partial charge in [-0.2, -0.15) is 0 Å². The number of rotatable bonds is 8. The number of aliphatic hydroxyl groups is 2. The second-order valence-electron chi connectivity index (χ2n) is 13.6. The van der Waals surface area contributed by atoms with Crippen LogP contribution in [0.15, 0.2) is 48.1 Å². The Morgan fingerprint density at radius 3 is 2.09 bits per heavy atom. The van der Waals surface area contributed by atoms with Crippen molar-refractivity contribution in [2.45, 2.75) is 172 Å². The van der Waals surface area contributed by atoms with Gasteiger partial charge in [-0.05, 0) is 84.5 Å². The number of hydrogen-bond donors (Lipinski definition) is 2. The van der Waals surface area contributed by atoms with Crippen LogP contribution in [0.1, 0.15) is 98.3 Å². The Labute approximate surface area is 259 Å². The summed E-state index contributed by atoms with van der Waals surface area (Å²) >= 11 is 0. The first-order valence-corrected chi connectivity index (χ1v) is 17.0. The third-order valence-electron chi connectivity index (χ3n) is 10.7. The maximum absolute atomic E-state index is 11.4. The van der Waals surface area contributed by atoms with Crippen LogP contribution >= 0.6 is 0 Å². The average molecular weight is 601 g/mol. The number of hydrogen-bond acceptors (Lipinski definition) is 7. The largest absolute Gasteiger partial charge is 0.390 e. The molecule has 5 aliphatic rings. The minimum atomic E-state index is -0.636. The van der Waals surface area contributed by atoms with Gasteiger partial charge in [0.15, 0.2) is 0 Å². The Morgan fingerprint density at radius 2 is 1.33 bits per heavy atom. The van der Waals surface area contributed by atoms with Crippen LogP contribution in [-0.4, -0.2) is 83.5 Å². The van der Waals surface area contributed by atoms with E-state index in [0.29, 0.717) is 25.2 Å². The zero-order valence-electron chi connectivity index (χ0n) is 26.8. The molecule has 5 rings (SSSR count). The van der Waals surface area contributed by atoms with Gasteiger partial charge in [0.2, 0.25) is 0 Å². The van der Waals surface area contributed by atoms with Crippen LogP contribution in [-0.2, 0) is 23.7 Å². The molecule has 0 bridgehead atoms. The van der Waals surface area contributed by atoms with Crippen molar-refractivity contribution in [2.75, 3.05) is 0 Å². The molecule has 7 heteroatoms. The Balaban J connectivity index is 1.19. The summed E-state index contributed by atoms with van der Waals surface area (Å²) in [5.41, 5.74) is 2.64. The summed E-state index contributed by atoms with van der Waals surface area (Å²) in [6, 6.07) is 0. The first kappa shape index (κ1) is 33.1. The smallest absolute Gasteiger partial charge is 0.110 e. The normalized spacial score (nSPS) is 44.3. The fourth-order valence-corrected chi connectivity index (χ4v) is 7.81. The van der Waals surface area contributed by atoms with Crippen LogP contribution in [0.2, 0.25) is 0 Å². The zero-order valence-corrected chi connectivity index (χ0v) is 26.8. The summed E-state index contributed by atoms with van der Waals surface area (Å²) in [6.45, 7) is 12.4. The summed E-state index contributed by atoms with van der Waals surface area (Å²) in [4.78, 5) is 0. The minimum absolute atomic E-state index is 0.0515. The lowest BCUT2D eigenvalue weighted by Crippen LogP contribution is -2.53. The van der Waals surface area contributed by atoms with Gasteiger partial charge in [-0.15, -0.1) is 0 Å². The lowest BCUT2D eigenvalue weighted by molar-refractivity contribution is -0.236. The van der Waals surface area contributed by atoms with E-state index in [-0.39, 0.29) is 61.0 Å². The Kier molecular flexibility index (Phi) is 11.8. The van der Waals surface area contributed by atoms with Gasteiger partial charge < -0.3 is 33.9 Å². The maximum Gasteiger partial charge on any atom is 0.110 e. The quantitative estimate of drug-likeness (QED) is 0.324. The van der Waals surface area contributed by atoms with Crippen LogP contribution in [0.3, 0.4) is 0 Å². The molecule has 0 aliphatic carbocycles. The van der Waals surface area contributed by atoms with E-state index in [0.717, 1.165) is 51.4 Å². The van der Waals surface area contributed by atoms with Crippen molar-refractivity contribution < 1.29 is 33.9 Å². The van der Waals surface area contributed by atoms with Gasteiger partial charge in [0.1, 0.15) is 6.10 Å². The highest BCUT2D eigenvalue weighted by Gasteiger charge is 2.51. The molecule has 43 heavy (non-hydrogen) atoms. The van der Waals surface area contributed by atoms with Gasteiger partial charge in [0, 0.05) is 12.8 Å². The van der Waals surface area contributed by atoms with Crippen molar-refractivity contribution >= 4 is 0 Å². The van der Waals surface area contributed by atoms with Crippen LogP contribution in [0.5, 0.6) is 0 Å². The summed E-state index contributed by atoms with van der Waals surface area (Å²) in [7, 11) is 0. The number of fused-ring (bicyclic) bond motifs is 4. The van der Waals surface area contributed by atoms with Gasteiger partial charge in [0.25, 0.3) is 0 Å². The predicted molar refractivity (Wildman–Crippen MR) is 168 cm³/mol. The van der Waals surface area contributed by atoms with Crippen molar-refractivity contribution in [3.05, 3.63) is 48.1 Å². The molecule has 0 aromatic heterocycles. The molecule has 0 aromatic rings. The maximum atomic E-state index is 11.4. The molecule has 5 saturated heterocycles. The summed E-state index contributed by atoms with van der Waals surface area (Å²) < 4.78 is 33.3. The molecular formula is C36H56O7. The molecule has 5 aliphatic heterocycles. The molecule has 7 nitrogen and oxygen atoms in total. The molecule has 0 amide bonds. The minimum Gasteiger partial charge on any atom is -0.390 e. The molecule has 5 heterocycles. The van der Waals surface area contributed by atoms with Crippen molar-refractivity contribution in [2.24, 2.45) is 5.92 Å². The van der Waals surface area contributed by atoms with Crippen LogP contribution in [0, 0.1) is 5.92 Å². The summed E-state index contributed by atoms with van der Waals surface area (Å²) in [5, 5.41) is 22.2. The third kappa shape index (κ3) is 8.10. The van der Waals surface area contributed by atoms with E-state index in [2.05, 4.69) is 52.5 Å². The average Bonchev–Trinajstić information content (AvgIpc) is 3.31. The van der Waals surface area contributed by atoms with Crippen molar-refractivity contribution in [3.63, 3.8) is 0 Å². The van der Waals surface area contributed by atoms with E-state index < -0.39 is 12.2 Å². The van der Waals surface area contributed by atoms with Gasteiger partial charge in [-0.1, -0.05) is 55.0 Å². The van der Waals surface area contributed by atoms with E-state index in [1.165, 1.54) is 11.1 Å². The number of aliphatic hydroxyl groups excluding tert-OH is 2. The van der Waals surface area contributed by atoms with E-state index in [1.54, 1.807) is 6.08 Å². The molecule has 0 aromatic carbocycles. The highest BCUT2D eigenvalue weighted by molar-refractivity contribution is 5.26. The fraction of sp³-hybridized carbons (Fsp3) is 0.778. The van der Waals surface area contributed by atoms with Crippen LogP contribution in [0.25, 0.3) is 0 Å². The van der Waals surface area contributed by atoms with Gasteiger partial charge >= 0.3 is 0 Å². The monoisotopic (exact) mass is 600 g/mol. The van der Waals surface area contributed by atoms with Crippen LogP contribution in [0.4, 0.5) is 0 Å². The zero-order chi connectivity index (χ0) is 30.5. The fourth-order valence-electron chi connectivity index (χ4n) is 7.81. The molecule has 13 atom stereocenters. The molecule has 2 N–H and O–H groups in total. The third-order valence-corrected chi connectivity index (χ3v) is 10.7. The van der Waals surface area contributed by atoms with E-state index >= 15 is 0 Å². The molecule has 13 unspecified atom stereocenters. The first-order chi connectivity index (χ1) is 20.8. The summed E-state index contributed by atoms with van der Waals surface area (Å²) in [5.74, 6) is 0.383. The van der Waals surface area contributed by atoms with Crippen molar-refractivity contribution in [3.8, 4) is 0 Å². The van der Waals surface area contributed by atoms with E-state index in [4.69, 9.17) is 23.7 Å². The van der Waals surface area contributed by atoms with E-state index in [9.17, 15) is 10.2 Å². The molecule has 0 radical (unpaired) electrons. The summed E-state index contributed by atoms with van der Waals surface area (Å²) in [6.07, 6.45) is 16.8. The van der Waals surface area contributed by atoms with E-state index in [1.807, 2.05) is 6.08 Å². The Morgan fingerprint density at radius 1 is 0.698 bits per heavy atom. The molecule has 0 saturated carbocycles. The highest BCUT2D eigenvalue weighted by atomic mass is 16.6. The number of ether oxygens (including phenoxy) is 5. The second-order valence-corrected chi connectivity index (χ2v) is 13.6. The Hall–Kier alpha value is -1.32. The molecular weight excluding hydrogens is 544 g/mol. The molecule has 0 spiro atoms. The van der Waals surface area contributed by atoms with Crippen molar-refractivity contribution in [1.82, 2.24) is 0 Å². The second kappa shape index (κ2) is 15.3. The highest BCUT2D eigenvalue weighted by Crippen LogP contribution is 2.42. The predicted octanol–water partition coefficient (Wildman–Crippen LogP) is 6.13. The van der Waals surface area contributed by atoms with Gasteiger partial charge in [0.05, 0.1) is 67.1 Å². The number of allylic oxidation sites excluding steroid dienone is 7. The van der Waals surface area contributed by atoms with Crippen LogP contribution < -0.4 is 0 Å². The lowest BCUT2D eigenvalue weighted by atomic mass is 9.87. The van der Waals surface area contributed by atoms with Crippen molar-refractivity contribution in [1.29, 1.82) is 0 Å². The Bertz CT molecular complexity index is 1010. The van der Waals surface area contributed by atoms with Gasteiger partial charge in [-0.25, -0.2) is 0 Å². The SMILES string of the molecule is C=C/C=C\CCC1OC2CCC3OC4C(O)CC5OC(CC/C=C(C)/C(C)=C/C)C(C)CC5OC4CC3OC2CCC1O. The first-order valence-electron chi connectivity index (χ1n) is 17.0. The lowest BCUT2D eigenvalue weighted by Gasteiger charge is -2.43. The van der Waals surface area contributed by atoms with Gasteiger partial charge in [-0.3, -0.25) is 0 Å². The molecule has 5 fully saturated rings. The standard InChI is InChI=1S/C36H56O7/c1-6-8-9-10-13-28-25(37)15-16-29-30(40-28)17-18-31-34(41-29)21-35-36(43-31)26(38)20-33-32(42-35)19-24(5)27(39-33)14-11-12-23(4)22(3)7-2/h6-9,12,24-38H,1,10-11,13-21H2,2-5H3/b9-8-,22-7+,23-12+.